The van der Waals surface area contributed by atoms with Crippen LogP contribution in [0.3, 0.4) is 0 Å². The minimum Gasteiger partial charge on any atom is -0.459 e. The number of piperazine rings is 1. The molecule has 3 aromatic rings. The highest BCUT2D eigenvalue weighted by atomic mass is 16.3. The van der Waals surface area contributed by atoms with Crippen LogP contribution < -0.4 is 4.90 Å². The molecule has 170 valence electrons. The lowest BCUT2D eigenvalue weighted by atomic mass is 10.1. The van der Waals surface area contributed by atoms with Crippen molar-refractivity contribution in [3.8, 4) is 11.3 Å². The van der Waals surface area contributed by atoms with Gasteiger partial charge in [-0.25, -0.2) is 9.97 Å². The third-order valence-corrected chi connectivity index (χ3v) is 6.17. The van der Waals surface area contributed by atoms with Crippen molar-refractivity contribution < 1.29 is 14.0 Å². The molecule has 0 N–H and O–H groups in total. The lowest BCUT2D eigenvalue weighted by molar-refractivity contribution is 0.0518. The fourth-order valence-electron chi connectivity index (χ4n) is 4.34. The molecule has 0 radical (unpaired) electrons. The average Bonchev–Trinajstić information content (AvgIpc) is 3.44. The number of rotatable bonds is 4. The molecule has 3 aromatic heterocycles. The van der Waals surface area contributed by atoms with Crippen molar-refractivity contribution >= 4 is 17.8 Å². The average molecular weight is 447 g/mol. The van der Waals surface area contributed by atoms with Crippen molar-refractivity contribution in [2.24, 2.45) is 0 Å². The number of amides is 2. The van der Waals surface area contributed by atoms with Gasteiger partial charge in [-0.2, -0.15) is 0 Å². The van der Waals surface area contributed by atoms with Crippen LogP contribution >= 0.6 is 0 Å². The first-order valence-electron chi connectivity index (χ1n) is 11.3. The summed E-state index contributed by atoms with van der Waals surface area (Å²) in [6.07, 6.45) is 10.0. The van der Waals surface area contributed by atoms with Crippen molar-refractivity contribution in [2.75, 3.05) is 44.2 Å². The number of piperidine rings is 1. The Balaban J connectivity index is 1.37. The van der Waals surface area contributed by atoms with E-state index in [-0.39, 0.29) is 11.8 Å². The molecule has 0 aliphatic carbocycles. The third kappa shape index (κ3) is 4.44. The van der Waals surface area contributed by atoms with Crippen molar-refractivity contribution in [3.63, 3.8) is 0 Å². The van der Waals surface area contributed by atoms with Crippen LogP contribution in [0.15, 0.2) is 53.5 Å². The van der Waals surface area contributed by atoms with Crippen LogP contribution in [-0.2, 0) is 0 Å². The predicted octanol–water partition coefficient (Wildman–Crippen LogP) is 2.72. The van der Waals surface area contributed by atoms with E-state index in [0.29, 0.717) is 49.1 Å². The summed E-state index contributed by atoms with van der Waals surface area (Å²) >= 11 is 0. The van der Waals surface area contributed by atoms with E-state index in [1.54, 1.807) is 40.5 Å². The van der Waals surface area contributed by atoms with Gasteiger partial charge in [-0.05, 0) is 43.5 Å². The fraction of sp³-hybridized carbons (Fsp3) is 0.375. The number of anilines is 1. The Morgan fingerprint density at radius 3 is 2.27 bits per heavy atom. The standard InChI is InChI=1S/C24H26N6O3/c31-22(28-11-13-29(14-12-28)23(32)20-7-5-15-33-20)19-17-26-24(30-9-2-1-3-10-30)27-21(19)18-6-4-8-25-16-18/h4-8,15-17H,1-3,9-14H2. The smallest absolute Gasteiger partial charge is 0.289 e. The van der Waals surface area contributed by atoms with E-state index in [4.69, 9.17) is 9.40 Å². The predicted molar refractivity (Wildman–Crippen MR) is 122 cm³/mol. The molecule has 0 aromatic carbocycles. The molecule has 2 aliphatic heterocycles. The van der Waals surface area contributed by atoms with Crippen molar-refractivity contribution in [2.45, 2.75) is 19.3 Å². The largest absolute Gasteiger partial charge is 0.459 e. The molecule has 33 heavy (non-hydrogen) atoms. The zero-order valence-corrected chi connectivity index (χ0v) is 18.4. The summed E-state index contributed by atoms with van der Waals surface area (Å²) in [5.41, 5.74) is 1.83. The molecular weight excluding hydrogens is 420 g/mol. The molecular formula is C24H26N6O3. The van der Waals surface area contributed by atoms with E-state index in [2.05, 4.69) is 14.9 Å². The lowest BCUT2D eigenvalue weighted by Gasteiger charge is -2.34. The Hall–Kier alpha value is -3.75. The Labute approximate surface area is 192 Å². The van der Waals surface area contributed by atoms with Crippen LogP contribution in [-0.4, -0.2) is 75.8 Å². The van der Waals surface area contributed by atoms with Gasteiger partial charge in [-0.15, -0.1) is 0 Å². The Kier molecular flexibility index (Phi) is 6.01. The van der Waals surface area contributed by atoms with Crippen LogP contribution in [0, 0.1) is 0 Å². The number of hydrogen-bond acceptors (Lipinski definition) is 7. The Morgan fingerprint density at radius 1 is 0.848 bits per heavy atom. The topological polar surface area (TPSA) is 95.7 Å². The molecule has 9 heteroatoms. The molecule has 9 nitrogen and oxygen atoms in total. The van der Waals surface area contributed by atoms with Gasteiger partial charge in [0.2, 0.25) is 5.95 Å². The normalized spacial score (nSPS) is 16.7. The minimum atomic E-state index is -0.155. The second-order valence-electron chi connectivity index (χ2n) is 8.28. The molecule has 0 saturated carbocycles. The van der Waals surface area contributed by atoms with E-state index < -0.39 is 0 Å². The molecule has 2 fully saturated rings. The monoisotopic (exact) mass is 446 g/mol. The summed E-state index contributed by atoms with van der Waals surface area (Å²) in [6, 6.07) is 7.10. The zero-order valence-electron chi connectivity index (χ0n) is 18.4. The van der Waals surface area contributed by atoms with Gasteiger partial charge in [0, 0.05) is 63.4 Å². The SMILES string of the molecule is O=C(c1ccco1)N1CCN(C(=O)c2cnc(N3CCCCC3)nc2-c2cccnc2)CC1. The van der Waals surface area contributed by atoms with Gasteiger partial charge in [0.05, 0.1) is 17.5 Å². The van der Waals surface area contributed by atoms with Crippen LogP contribution in [0.2, 0.25) is 0 Å². The summed E-state index contributed by atoms with van der Waals surface area (Å²) in [7, 11) is 0. The third-order valence-electron chi connectivity index (χ3n) is 6.17. The zero-order chi connectivity index (χ0) is 22.6. The molecule has 0 spiro atoms. The second kappa shape index (κ2) is 9.40. The fourth-order valence-corrected chi connectivity index (χ4v) is 4.34. The molecule has 5 rings (SSSR count). The molecule has 2 amide bonds. The highest BCUT2D eigenvalue weighted by Gasteiger charge is 2.29. The van der Waals surface area contributed by atoms with Gasteiger partial charge >= 0.3 is 0 Å². The van der Waals surface area contributed by atoms with E-state index in [1.165, 1.54) is 12.7 Å². The summed E-state index contributed by atoms with van der Waals surface area (Å²) in [4.78, 5) is 45.2. The van der Waals surface area contributed by atoms with Gasteiger partial charge in [0.1, 0.15) is 0 Å². The molecule has 5 heterocycles. The summed E-state index contributed by atoms with van der Waals surface area (Å²) in [5, 5.41) is 0. The van der Waals surface area contributed by atoms with Crippen molar-refractivity contribution in [1.29, 1.82) is 0 Å². The van der Waals surface area contributed by atoms with Crippen molar-refractivity contribution in [3.05, 3.63) is 60.4 Å². The van der Waals surface area contributed by atoms with E-state index in [1.807, 2.05) is 12.1 Å². The molecule has 2 aliphatic rings. The second-order valence-corrected chi connectivity index (χ2v) is 8.28. The summed E-state index contributed by atoms with van der Waals surface area (Å²) < 4.78 is 5.22. The van der Waals surface area contributed by atoms with Gasteiger partial charge in [-0.3, -0.25) is 14.6 Å². The van der Waals surface area contributed by atoms with E-state index in [9.17, 15) is 9.59 Å². The first-order valence-corrected chi connectivity index (χ1v) is 11.3. The number of aromatic nitrogens is 3. The lowest BCUT2D eigenvalue weighted by Crippen LogP contribution is -2.50. The van der Waals surface area contributed by atoms with Gasteiger partial charge in [0.15, 0.2) is 5.76 Å². The number of pyridine rings is 1. The van der Waals surface area contributed by atoms with Gasteiger partial charge < -0.3 is 19.1 Å². The van der Waals surface area contributed by atoms with E-state index in [0.717, 1.165) is 31.5 Å². The minimum absolute atomic E-state index is 0.135. The number of nitrogens with zero attached hydrogens (tertiary/aromatic N) is 6. The maximum absolute atomic E-state index is 13.5. The number of furan rings is 1. The Bertz CT molecular complexity index is 1100. The quantitative estimate of drug-likeness (QED) is 0.608. The maximum Gasteiger partial charge on any atom is 0.289 e. The van der Waals surface area contributed by atoms with Gasteiger partial charge in [-0.1, -0.05) is 0 Å². The first kappa shape index (κ1) is 21.1. The molecule has 0 bridgehead atoms. The van der Waals surface area contributed by atoms with Crippen LogP contribution in [0.5, 0.6) is 0 Å². The highest BCUT2D eigenvalue weighted by molar-refractivity contribution is 6.00. The molecule has 0 unspecified atom stereocenters. The summed E-state index contributed by atoms with van der Waals surface area (Å²) in [6.45, 7) is 3.61. The van der Waals surface area contributed by atoms with Crippen LogP contribution in [0.1, 0.15) is 40.2 Å². The molecule has 2 saturated heterocycles. The van der Waals surface area contributed by atoms with Gasteiger partial charge in [0.25, 0.3) is 11.8 Å². The number of hydrogen-bond donors (Lipinski definition) is 0. The maximum atomic E-state index is 13.5. The van der Waals surface area contributed by atoms with E-state index >= 15 is 0 Å². The summed E-state index contributed by atoms with van der Waals surface area (Å²) in [5.74, 6) is 0.677. The van der Waals surface area contributed by atoms with Crippen LogP contribution in [0.25, 0.3) is 11.3 Å². The van der Waals surface area contributed by atoms with Crippen LogP contribution in [0.4, 0.5) is 5.95 Å². The first-order chi connectivity index (χ1) is 16.2. The Morgan fingerprint density at radius 2 is 1.61 bits per heavy atom. The molecule has 0 atom stereocenters. The highest BCUT2D eigenvalue weighted by Crippen LogP contribution is 2.26. The number of carbonyl (C=O) groups is 2. The number of carbonyl (C=O) groups excluding carboxylic acids is 2. The van der Waals surface area contributed by atoms with Crippen molar-refractivity contribution in [1.82, 2.24) is 24.8 Å².